The highest BCUT2D eigenvalue weighted by molar-refractivity contribution is 5.34. The molecule has 0 unspecified atom stereocenters. The van der Waals surface area contributed by atoms with Gasteiger partial charge in [-0.2, -0.15) is 22.0 Å². The molecule has 232 valence electrons. The van der Waals surface area contributed by atoms with Crippen molar-refractivity contribution in [2.45, 2.75) is 102 Å². The van der Waals surface area contributed by atoms with Crippen LogP contribution in [0.3, 0.4) is 0 Å². The SMILES string of the molecule is CCCCCC1CCC(/C=C/C2CCC(c3ccc(C(F)(F)Oc4cc(F)c(C(F)(F)F)c(F)c4)c(F)c3)CC2)CC1. The summed E-state index contributed by atoms with van der Waals surface area (Å²) in [5, 5.41) is 0. The van der Waals surface area contributed by atoms with Crippen molar-refractivity contribution in [3.05, 3.63) is 76.6 Å². The summed E-state index contributed by atoms with van der Waals surface area (Å²) < 4.78 is 114. The summed E-state index contributed by atoms with van der Waals surface area (Å²) in [5.74, 6) is -4.74. The van der Waals surface area contributed by atoms with Crippen LogP contribution in [-0.2, 0) is 12.3 Å². The Morgan fingerprint density at radius 3 is 1.83 bits per heavy atom. The zero-order valence-electron chi connectivity index (χ0n) is 23.8. The molecule has 0 amide bonds. The molecule has 0 radical (unpaired) electrons. The van der Waals surface area contributed by atoms with Gasteiger partial charge in [-0.3, -0.25) is 0 Å². The average molecular weight is 603 g/mol. The molecule has 0 saturated heterocycles. The van der Waals surface area contributed by atoms with Crippen molar-refractivity contribution in [2.24, 2.45) is 17.8 Å². The van der Waals surface area contributed by atoms with Crippen LogP contribution in [0.5, 0.6) is 5.75 Å². The minimum atomic E-state index is -5.36. The van der Waals surface area contributed by atoms with E-state index in [2.05, 4.69) is 23.8 Å². The Morgan fingerprint density at radius 1 is 0.738 bits per heavy atom. The average Bonchev–Trinajstić information content (AvgIpc) is 2.91. The van der Waals surface area contributed by atoms with Gasteiger partial charge in [0.05, 0.1) is 5.56 Å². The third-order valence-corrected chi connectivity index (χ3v) is 8.86. The van der Waals surface area contributed by atoms with Gasteiger partial charge in [-0.25, -0.2) is 13.2 Å². The van der Waals surface area contributed by atoms with Gasteiger partial charge < -0.3 is 4.74 Å². The molecule has 2 aliphatic carbocycles. The van der Waals surface area contributed by atoms with Crippen LogP contribution in [0.1, 0.15) is 107 Å². The first-order valence-electron chi connectivity index (χ1n) is 15.0. The number of allylic oxidation sites excluding steroid dienone is 2. The molecule has 42 heavy (non-hydrogen) atoms. The van der Waals surface area contributed by atoms with Crippen LogP contribution >= 0.6 is 0 Å². The van der Waals surface area contributed by atoms with Gasteiger partial charge in [0.25, 0.3) is 0 Å². The third kappa shape index (κ3) is 8.28. The Labute approximate surface area is 242 Å². The summed E-state index contributed by atoms with van der Waals surface area (Å²) in [4.78, 5) is 0. The Hall–Kier alpha value is -2.58. The maximum absolute atomic E-state index is 14.8. The second-order valence-electron chi connectivity index (χ2n) is 11.9. The van der Waals surface area contributed by atoms with Gasteiger partial charge in [-0.15, -0.1) is 0 Å². The lowest BCUT2D eigenvalue weighted by Gasteiger charge is -2.29. The smallest absolute Gasteiger partial charge is 0.429 e. The van der Waals surface area contributed by atoms with Crippen LogP contribution in [0.25, 0.3) is 0 Å². The summed E-state index contributed by atoms with van der Waals surface area (Å²) in [6.45, 7) is 2.23. The van der Waals surface area contributed by atoms with E-state index in [4.69, 9.17) is 0 Å². The quantitative estimate of drug-likeness (QED) is 0.149. The van der Waals surface area contributed by atoms with E-state index < -0.39 is 46.6 Å². The van der Waals surface area contributed by atoms with Gasteiger partial charge in [0.1, 0.15) is 28.8 Å². The molecule has 2 aromatic carbocycles. The first-order valence-corrected chi connectivity index (χ1v) is 15.0. The summed E-state index contributed by atoms with van der Waals surface area (Å²) in [6.07, 6.45) is 8.71. The van der Waals surface area contributed by atoms with Gasteiger partial charge in [0.15, 0.2) is 0 Å². The van der Waals surface area contributed by atoms with Crippen LogP contribution in [0, 0.1) is 35.2 Å². The molecule has 2 aliphatic rings. The summed E-state index contributed by atoms with van der Waals surface area (Å²) >= 11 is 0. The standard InChI is InChI=1S/C33H38F8O/c1-2-3-4-5-21-6-8-22(9-7-21)10-11-23-12-14-24(15-13-23)25-16-17-27(28(34)18-25)33(40,41)42-26-19-29(35)31(30(36)20-26)32(37,38)39/h10-11,16-24H,2-9,12-15H2,1H3/b11-10+. The Balaban J connectivity index is 1.30. The lowest BCUT2D eigenvalue weighted by atomic mass is 9.76. The molecule has 2 fully saturated rings. The highest BCUT2D eigenvalue weighted by Crippen LogP contribution is 2.41. The molecule has 0 bridgehead atoms. The lowest BCUT2D eigenvalue weighted by Crippen LogP contribution is -2.24. The van der Waals surface area contributed by atoms with Crippen molar-refractivity contribution >= 4 is 0 Å². The largest absolute Gasteiger partial charge is 0.429 e. The molecule has 2 saturated carbocycles. The molecule has 9 heteroatoms. The predicted molar refractivity (Wildman–Crippen MR) is 146 cm³/mol. The molecular weight excluding hydrogens is 564 g/mol. The van der Waals surface area contributed by atoms with E-state index in [0.717, 1.165) is 43.7 Å². The van der Waals surface area contributed by atoms with E-state index in [-0.39, 0.29) is 18.1 Å². The van der Waals surface area contributed by atoms with Gasteiger partial charge in [0.2, 0.25) is 0 Å². The predicted octanol–water partition coefficient (Wildman–Crippen LogP) is 11.5. The van der Waals surface area contributed by atoms with E-state index >= 15 is 0 Å². The molecule has 0 heterocycles. The molecule has 0 aliphatic heterocycles. The van der Waals surface area contributed by atoms with Crippen molar-refractivity contribution in [2.75, 3.05) is 0 Å². The molecule has 0 atom stereocenters. The topological polar surface area (TPSA) is 9.23 Å². The monoisotopic (exact) mass is 602 g/mol. The number of ether oxygens (including phenoxy) is 1. The molecule has 0 aromatic heterocycles. The fourth-order valence-corrected chi connectivity index (χ4v) is 6.42. The molecule has 4 rings (SSSR count). The Bertz CT molecular complexity index is 1180. The minimum absolute atomic E-state index is 0.00138. The number of hydrogen-bond acceptors (Lipinski definition) is 1. The van der Waals surface area contributed by atoms with Crippen molar-refractivity contribution in [1.29, 1.82) is 0 Å². The zero-order valence-corrected chi connectivity index (χ0v) is 23.8. The number of alkyl halides is 5. The number of hydrogen-bond donors (Lipinski definition) is 0. The number of rotatable bonds is 10. The summed E-state index contributed by atoms with van der Waals surface area (Å²) in [5.41, 5.74) is -2.83. The van der Waals surface area contributed by atoms with Crippen LogP contribution in [-0.4, -0.2) is 0 Å². The highest BCUT2D eigenvalue weighted by Gasteiger charge is 2.41. The second kappa shape index (κ2) is 13.8. The van der Waals surface area contributed by atoms with E-state index in [1.54, 1.807) is 0 Å². The van der Waals surface area contributed by atoms with E-state index in [0.29, 0.717) is 17.4 Å². The van der Waals surface area contributed by atoms with Crippen LogP contribution < -0.4 is 4.74 Å². The summed E-state index contributed by atoms with van der Waals surface area (Å²) in [6, 6.07) is 3.24. The fourth-order valence-electron chi connectivity index (χ4n) is 6.42. The number of benzene rings is 2. The maximum atomic E-state index is 14.8. The van der Waals surface area contributed by atoms with Crippen molar-refractivity contribution < 1.29 is 39.9 Å². The van der Waals surface area contributed by atoms with Crippen molar-refractivity contribution in [3.63, 3.8) is 0 Å². The first kappa shape index (κ1) is 32.3. The van der Waals surface area contributed by atoms with Gasteiger partial charge in [0, 0.05) is 12.1 Å². The normalized spacial score (nSPS) is 23.8. The molecule has 1 nitrogen and oxygen atoms in total. The van der Waals surface area contributed by atoms with E-state index in [1.165, 1.54) is 57.4 Å². The molecule has 0 spiro atoms. The van der Waals surface area contributed by atoms with Gasteiger partial charge in [-0.1, -0.05) is 50.8 Å². The number of unbranched alkanes of at least 4 members (excludes halogenated alkanes) is 2. The first-order chi connectivity index (χ1) is 19.9. The minimum Gasteiger partial charge on any atom is -0.429 e. The lowest BCUT2D eigenvalue weighted by molar-refractivity contribution is -0.187. The maximum Gasteiger partial charge on any atom is 0.429 e. The molecule has 0 N–H and O–H groups in total. The third-order valence-electron chi connectivity index (χ3n) is 8.86. The van der Waals surface area contributed by atoms with Gasteiger partial charge in [-0.05, 0) is 92.7 Å². The van der Waals surface area contributed by atoms with E-state index in [1.807, 2.05) is 0 Å². The molecular formula is C33H38F8O. The van der Waals surface area contributed by atoms with E-state index in [9.17, 15) is 35.1 Å². The van der Waals surface area contributed by atoms with Crippen molar-refractivity contribution in [1.82, 2.24) is 0 Å². The second-order valence-corrected chi connectivity index (χ2v) is 11.9. The van der Waals surface area contributed by atoms with Crippen LogP contribution in [0.4, 0.5) is 35.1 Å². The highest BCUT2D eigenvalue weighted by atomic mass is 19.4. The number of halogens is 8. The Kier molecular flexibility index (Phi) is 10.6. The van der Waals surface area contributed by atoms with Crippen LogP contribution in [0.15, 0.2) is 42.5 Å². The Morgan fingerprint density at radius 2 is 1.31 bits per heavy atom. The molecule has 2 aromatic rings. The van der Waals surface area contributed by atoms with Crippen molar-refractivity contribution in [3.8, 4) is 5.75 Å². The fraction of sp³-hybridized carbons (Fsp3) is 0.576. The summed E-state index contributed by atoms with van der Waals surface area (Å²) in [7, 11) is 0. The zero-order chi connectivity index (χ0) is 30.5. The van der Waals surface area contributed by atoms with Gasteiger partial charge >= 0.3 is 12.3 Å². The van der Waals surface area contributed by atoms with Crippen LogP contribution in [0.2, 0.25) is 0 Å².